The number of aliphatic carboxylic acids is 1. The number of amides is 1. The van der Waals surface area contributed by atoms with Crippen LogP contribution >= 0.6 is 11.6 Å². The smallest absolute Gasteiger partial charge is 0.326 e. The van der Waals surface area contributed by atoms with E-state index in [1.165, 1.54) is 31.4 Å². The van der Waals surface area contributed by atoms with Crippen LogP contribution in [0.4, 0.5) is 4.39 Å². The van der Waals surface area contributed by atoms with E-state index in [2.05, 4.69) is 5.32 Å². The molecule has 0 saturated carbocycles. The third kappa shape index (κ3) is 5.46. The maximum Gasteiger partial charge on any atom is 0.326 e. The molecule has 25 heavy (non-hydrogen) atoms. The molecule has 5 nitrogen and oxygen atoms in total. The second kappa shape index (κ2) is 8.48. The number of rotatable bonds is 7. The molecule has 2 aromatic rings. The number of methoxy groups -OCH3 is 1. The quantitative estimate of drug-likeness (QED) is 0.791. The number of halogens is 2. The first-order valence-corrected chi connectivity index (χ1v) is 7.86. The summed E-state index contributed by atoms with van der Waals surface area (Å²) < 4.78 is 17.9. The molecule has 0 aromatic heterocycles. The van der Waals surface area contributed by atoms with E-state index in [1.54, 1.807) is 18.2 Å². The van der Waals surface area contributed by atoms with Crippen LogP contribution in [0.2, 0.25) is 5.02 Å². The van der Waals surface area contributed by atoms with Gasteiger partial charge in [0.25, 0.3) is 0 Å². The van der Waals surface area contributed by atoms with E-state index < -0.39 is 23.7 Å². The van der Waals surface area contributed by atoms with Gasteiger partial charge in [-0.1, -0.05) is 29.8 Å². The van der Waals surface area contributed by atoms with Crippen molar-refractivity contribution in [2.24, 2.45) is 0 Å². The van der Waals surface area contributed by atoms with Crippen molar-refractivity contribution in [1.82, 2.24) is 5.32 Å². The molecule has 2 rings (SSSR count). The Bertz CT molecular complexity index is 764. The topological polar surface area (TPSA) is 75.6 Å². The zero-order valence-corrected chi connectivity index (χ0v) is 14.2. The fourth-order valence-corrected chi connectivity index (χ4v) is 2.59. The van der Waals surface area contributed by atoms with Gasteiger partial charge >= 0.3 is 5.97 Å². The first kappa shape index (κ1) is 18.7. The van der Waals surface area contributed by atoms with Gasteiger partial charge in [-0.2, -0.15) is 0 Å². The lowest BCUT2D eigenvalue weighted by Crippen LogP contribution is -2.43. The van der Waals surface area contributed by atoms with E-state index in [9.17, 15) is 19.1 Å². The minimum Gasteiger partial charge on any atom is -0.495 e. The summed E-state index contributed by atoms with van der Waals surface area (Å²) in [6.45, 7) is 0. The van der Waals surface area contributed by atoms with Gasteiger partial charge in [-0.15, -0.1) is 0 Å². The van der Waals surface area contributed by atoms with E-state index in [0.717, 1.165) is 0 Å². The number of carbonyl (C=O) groups is 2. The Morgan fingerprint density at radius 1 is 1.20 bits per heavy atom. The SMILES string of the molecule is COc1ccc(C[C@H](NC(=O)Cc2ccc(F)cc2)C(=O)O)cc1Cl. The van der Waals surface area contributed by atoms with Crippen molar-refractivity contribution >= 4 is 23.5 Å². The third-order valence-corrected chi connectivity index (χ3v) is 3.86. The van der Waals surface area contributed by atoms with Crippen LogP contribution in [-0.2, 0) is 22.4 Å². The average Bonchev–Trinajstić information content (AvgIpc) is 2.56. The lowest BCUT2D eigenvalue weighted by atomic mass is 10.0. The minimum atomic E-state index is -1.15. The van der Waals surface area contributed by atoms with Gasteiger partial charge in [-0.25, -0.2) is 9.18 Å². The molecule has 1 atom stereocenters. The number of benzene rings is 2. The maximum atomic E-state index is 12.9. The Hall–Kier alpha value is -2.60. The van der Waals surface area contributed by atoms with Crippen molar-refractivity contribution in [2.75, 3.05) is 7.11 Å². The normalized spacial score (nSPS) is 11.6. The highest BCUT2D eigenvalue weighted by Gasteiger charge is 2.21. The molecule has 7 heteroatoms. The summed E-state index contributed by atoms with van der Waals surface area (Å²) >= 11 is 6.03. The fraction of sp³-hybridized carbons (Fsp3) is 0.222. The molecule has 132 valence electrons. The first-order valence-electron chi connectivity index (χ1n) is 7.48. The maximum absolute atomic E-state index is 12.9. The van der Waals surface area contributed by atoms with Crippen molar-refractivity contribution in [1.29, 1.82) is 0 Å². The monoisotopic (exact) mass is 365 g/mol. The summed E-state index contributed by atoms with van der Waals surface area (Å²) in [4.78, 5) is 23.5. The van der Waals surface area contributed by atoms with E-state index in [1.807, 2.05) is 0 Å². The van der Waals surface area contributed by atoms with Gasteiger partial charge in [0.05, 0.1) is 18.6 Å². The highest BCUT2D eigenvalue weighted by molar-refractivity contribution is 6.32. The molecule has 0 bridgehead atoms. The summed E-state index contributed by atoms with van der Waals surface area (Å²) in [5.41, 5.74) is 1.25. The van der Waals surface area contributed by atoms with Crippen molar-refractivity contribution in [3.63, 3.8) is 0 Å². The third-order valence-electron chi connectivity index (χ3n) is 3.57. The molecule has 0 aliphatic rings. The molecular weight excluding hydrogens is 349 g/mol. The molecule has 1 amide bonds. The largest absolute Gasteiger partial charge is 0.495 e. The molecule has 2 aromatic carbocycles. The van der Waals surface area contributed by atoms with Crippen LogP contribution < -0.4 is 10.1 Å². The van der Waals surface area contributed by atoms with E-state index in [0.29, 0.717) is 21.9 Å². The molecule has 0 heterocycles. The zero-order chi connectivity index (χ0) is 18.4. The Balaban J connectivity index is 2.02. The summed E-state index contributed by atoms with van der Waals surface area (Å²) in [5.74, 6) is -1.53. The second-order valence-corrected chi connectivity index (χ2v) is 5.84. The van der Waals surface area contributed by atoms with E-state index >= 15 is 0 Å². The van der Waals surface area contributed by atoms with Gasteiger partial charge in [0.2, 0.25) is 5.91 Å². The van der Waals surface area contributed by atoms with Gasteiger partial charge in [-0.05, 0) is 35.4 Å². The molecule has 0 unspecified atom stereocenters. The van der Waals surface area contributed by atoms with Crippen LogP contribution in [0.25, 0.3) is 0 Å². The predicted octanol–water partition coefficient (Wildman–Crippen LogP) is 2.84. The van der Waals surface area contributed by atoms with Crippen LogP contribution in [0.5, 0.6) is 5.75 Å². The van der Waals surface area contributed by atoms with Crippen LogP contribution in [0, 0.1) is 5.82 Å². The molecular formula is C18H17ClFNO4. The van der Waals surface area contributed by atoms with Crippen molar-refractivity contribution in [3.05, 3.63) is 64.4 Å². The molecule has 0 spiro atoms. The lowest BCUT2D eigenvalue weighted by molar-refractivity contribution is -0.141. The molecule has 2 N–H and O–H groups in total. The summed E-state index contributed by atoms with van der Waals surface area (Å²) in [7, 11) is 1.48. The van der Waals surface area contributed by atoms with Crippen LogP contribution in [-0.4, -0.2) is 30.1 Å². The van der Waals surface area contributed by atoms with Gasteiger partial charge in [-0.3, -0.25) is 4.79 Å². The predicted molar refractivity (Wildman–Crippen MR) is 91.4 cm³/mol. The minimum absolute atomic E-state index is 0.0343. The summed E-state index contributed by atoms with van der Waals surface area (Å²) in [6, 6.07) is 9.28. The number of carboxylic acid groups (broad SMARTS) is 1. The van der Waals surface area contributed by atoms with Gasteiger partial charge < -0.3 is 15.2 Å². The Morgan fingerprint density at radius 3 is 2.40 bits per heavy atom. The first-order chi connectivity index (χ1) is 11.9. The fourth-order valence-electron chi connectivity index (χ4n) is 2.31. The highest BCUT2D eigenvalue weighted by Crippen LogP contribution is 2.25. The Morgan fingerprint density at radius 2 is 1.84 bits per heavy atom. The molecule has 0 aliphatic carbocycles. The van der Waals surface area contributed by atoms with Gasteiger partial charge in [0.1, 0.15) is 17.6 Å². The van der Waals surface area contributed by atoms with Crippen LogP contribution in [0.3, 0.4) is 0 Å². The molecule has 0 fully saturated rings. The van der Waals surface area contributed by atoms with E-state index in [4.69, 9.17) is 16.3 Å². The molecule has 0 radical (unpaired) electrons. The zero-order valence-electron chi connectivity index (χ0n) is 13.5. The average molecular weight is 366 g/mol. The number of carboxylic acids is 1. The number of nitrogens with one attached hydrogen (secondary N) is 1. The lowest BCUT2D eigenvalue weighted by Gasteiger charge is -2.15. The van der Waals surface area contributed by atoms with Gasteiger partial charge in [0.15, 0.2) is 0 Å². The second-order valence-electron chi connectivity index (χ2n) is 5.43. The van der Waals surface area contributed by atoms with E-state index in [-0.39, 0.29) is 12.8 Å². The van der Waals surface area contributed by atoms with Crippen LogP contribution in [0.1, 0.15) is 11.1 Å². The number of hydrogen-bond donors (Lipinski definition) is 2. The van der Waals surface area contributed by atoms with Crippen LogP contribution in [0.15, 0.2) is 42.5 Å². The number of carbonyl (C=O) groups excluding carboxylic acids is 1. The number of ether oxygens (including phenoxy) is 1. The van der Waals surface area contributed by atoms with Gasteiger partial charge in [0, 0.05) is 6.42 Å². The van der Waals surface area contributed by atoms with Crippen molar-refractivity contribution in [3.8, 4) is 5.75 Å². The summed E-state index contributed by atoms with van der Waals surface area (Å²) in [5, 5.41) is 12.2. The van der Waals surface area contributed by atoms with Crippen molar-refractivity contribution in [2.45, 2.75) is 18.9 Å². The standard InChI is InChI=1S/C18H17ClFNO4/c1-25-16-7-4-12(8-14(16)19)9-15(18(23)24)21-17(22)10-11-2-5-13(20)6-3-11/h2-8,15H,9-10H2,1H3,(H,21,22)(H,23,24)/t15-/m0/s1. The molecule has 0 aliphatic heterocycles. The Labute approximate surface area is 149 Å². The number of hydrogen-bond acceptors (Lipinski definition) is 3. The Kier molecular flexibility index (Phi) is 6.36. The summed E-state index contributed by atoms with van der Waals surface area (Å²) in [6.07, 6.45) is 0.0433. The van der Waals surface area contributed by atoms with Crippen molar-refractivity contribution < 1.29 is 23.8 Å². The molecule has 0 saturated heterocycles. The highest BCUT2D eigenvalue weighted by atomic mass is 35.5.